The monoisotopic (exact) mass is 303 g/mol. The third-order valence-electron chi connectivity index (χ3n) is 1.51. The van der Waals surface area contributed by atoms with Crippen LogP contribution in [0.3, 0.4) is 0 Å². The Kier molecular flexibility index (Phi) is 9.52. The predicted molar refractivity (Wildman–Crippen MR) is 73.6 cm³/mol. The fourth-order valence-corrected chi connectivity index (χ4v) is 4.26. The van der Waals surface area contributed by atoms with Crippen LogP contribution >= 0.6 is 43.2 Å². The fourth-order valence-electron chi connectivity index (χ4n) is 0.672. The SMILES string of the molecule is CN(C)C(CSSC(=O)O)CSSC(=O)O. The zero-order chi connectivity index (χ0) is 12.6. The summed E-state index contributed by atoms with van der Waals surface area (Å²) in [4.78, 5) is 22.6. The number of rotatable bonds is 7. The molecule has 0 bridgehead atoms. The molecular weight excluding hydrogens is 290 g/mol. The molecule has 0 saturated heterocycles. The van der Waals surface area contributed by atoms with Crippen molar-refractivity contribution in [3.8, 4) is 0 Å². The van der Waals surface area contributed by atoms with Gasteiger partial charge >= 0.3 is 10.6 Å². The van der Waals surface area contributed by atoms with Gasteiger partial charge in [0, 0.05) is 39.1 Å². The van der Waals surface area contributed by atoms with E-state index in [1.807, 2.05) is 19.0 Å². The van der Waals surface area contributed by atoms with Crippen LogP contribution in [0.1, 0.15) is 0 Å². The van der Waals surface area contributed by atoms with E-state index in [-0.39, 0.29) is 6.04 Å². The molecular formula is C7H13NO4S4. The van der Waals surface area contributed by atoms with Crippen molar-refractivity contribution in [3.63, 3.8) is 0 Å². The van der Waals surface area contributed by atoms with Crippen LogP contribution in [-0.2, 0) is 0 Å². The Morgan fingerprint density at radius 1 is 1.06 bits per heavy atom. The van der Waals surface area contributed by atoms with E-state index in [0.717, 1.165) is 21.6 Å². The van der Waals surface area contributed by atoms with Gasteiger partial charge in [0.15, 0.2) is 0 Å². The third-order valence-corrected chi connectivity index (χ3v) is 5.45. The molecule has 0 aliphatic rings. The topological polar surface area (TPSA) is 77.8 Å². The van der Waals surface area contributed by atoms with Gasteiger partial charge in [0.25, 0.3) is 0 Å². The summed E-state index contributed by atoms with van der Waals surface area (Å²) < 4.78 is 0. The van der Waals surface area contributed by atoms with Crippen molar-refractivity contribution in [2.24, 2.45) is 0 Å². The Balaban J connectivity index is 3.79. The highest BCUT2D eigenvalue weighted by Crippen LogP contribution is 2.28. The van der Waals surface area contributed by atoms with Crippen LogP contribution in [0.5, 0.6) is 0 Å². The van der Waals surface area contributed by atoms with Gasteiger partial charge in [-0.2, -0.15) is 0 Å². The van der Waals surface area contributed by atoms with Crippen molar-refractivity contribution in [2.45, 2.75) is 6.04 Å². The second kappa shape index (κ2) is 9.34. The molecule has 0 unspecified atom stereocenters. The van der Waals surface area contributed by atoms with Crippen molar-refractivity contribution in [3.05, 3.63) is 0 Å². The van der Waals surface area contributed by atoms with Crippen LogP contribution in [-0.4, -0.2) is 57.4 Å². The highest BCUT2D eigenvalue weighted by Gasteiger charge is 2.14. The molecule has 0 rings (SSSR count). The predicted octanol–water partition coefficient (Wildman–Crippen LogP) is 3.04. The zero-order valence-corrected chi connectivity index (χ0v) is 12.0. The van der Waals surface area contributed by atoms with E-state index in [4.69, 9.17) is 10.2 Å². The molecule has 0 aromatic heterocycles. The molecule has 0 heterocycles. The summed E-state index contributed by atoms with van der Waals surface area (Å²) in [7, 11) is 7.89. The van der Waals surface area contributed by atoms with Gasteiger partial charge in [-0.15, -0.1) is 0 Å². The summed E-state index contributed by atoms with van der Waals surface area (Å²) in [5, 5.41) is 15.1. The summed E-state index contributed by atoms with van der Waals surface area (Å²) in [6, 6.07) is 0.161. The first kappa shape index (κ1) is 16.3. The zero-order valence-electron chi connectivity index (χ0n) is 8.78. The van der Waals surface area contributed by atoms with Crippen LogP contribution < -0.4 is 0 Å². The minimum atomic E-state index is -0.907. The molecule has 0 amide bonds. The second-order valence-corrected chi connectivity index (χ2v) is 7.47. The lowest BCUT2D eigenvalue weighted by molar-refractivity contribution is 0.221. The largest absolute Gasteiger partial charge is 0.473 e. The van der Waals surface area contributed by atoms with Gasteiger partial charge in [-0.3, -0.25) is 0 Å². The minimum Gasteiger partial charge on any atom is -0.473 e. The summed E-state index contributed by atoms with van der Waals surface area (Å²) in [6.07, 6.45) is 0. The number of nitrogens with zero attached hydrogens (tertiary/aromatic N) is 1. The Labute approximate surface area is 110 Å². The molecule has 0 aliphatic carbocycles. The standard InChI is InChI=1S/C7H13NO4S4/c1-8(2)5(3-13-15-6(9)10)4-14-16-7(11)12/h5H,3-4H2,1-2H3,(H,9,10)(H,11,12). The molecule has 0 aromatic rings. The van der Waals surface area contributed by atoms with Crippen LogP contribution in [0.2, 0.25) is 0 Å². The Bertz CT molecular complexity index is 218. The summed E-state index contributed by atoms with van der Waals surface area (Å²) in [6.45, 7) is 0. The molecule has 9 heteroatoms. The van der Waals surface area contributed by atoms with Gasteiger partial charge < -0.3 is 15.1 Å². The summed E-state index contributed by atoms with van der Waals surface area (Å²) in [5.41, 5.74) is 0. The minimum absolute atomic E-state index is 0.161. The molecule has 0 saturated carbocycles. The molecule has 2 N–H and O–H groups in total. The number of carboxylic acid groups (broad SMARTS) is 2. The van der Waals surface area contributed by atoms with Crippen molar-refractivity contribution in [2.75, 3.05) is 25.6 Å². The molecule has 0 aliphatic heterocycles. The highest BCUT2D eigenvalue weighted by atomic mass is 33.1. The normalized spacial score (nSPS) is 11.0. The molecule has 94 valence electrons. The van der Waals surface area contributed by atoms with Gasteiger partial charge in [0.1, 0.15) is 0 Å². The van der Waals surface area contributed by atoms with Crippen LogP contribution in [0.25, 0.3) is 0 Å². The lowest BCUT2D eigenvalue weighted by Crippen LogP contribution is -2.32. The van der Waals surface area contributed by atoms with Gasteiger partial charge in [-0.1, -0.05) is 21.6 Å². The van der Waals surface area contributed by atoms with Crippen molar-refractivity contribution in [1.29, 1.82) is 0 Å². The van der Waals surface area contributed by atoms with Crippen molar-refractivity contribution < 1.29 is 19.8 Å². The van der Waals surface area contributed by atoms with Gasteiger partial charge in [0.2, 0.25) is 0 Å². The lowest BCUT2D eigenvalue weighted by Gasteiger charge is -2.22. The average molecular weight is 303 g/mol. The number of carbonyl (C=O) groups is 2. The van der Waals surface area contributed by atoms with E-state index < -0.39 is 10.6 Å². The summed E-state index contributed by atoms with van der Waals surface area (Å²) in [5.74, 6) is 1.30. The first-order valence-electron chi connectivity index (χ1n) is 4.14. The van der Waals surface area contributed by atoms with Gasteiger partial charge in [0.05, 0.1) is 0 Å². The maximum atomic E-state index is 10.3. The highest BCUT2D eigenvalue weighted by molar-refractivity contribution is 8.82. The van der Waals surface area contributed by atoms with E-state index in [2.05, 4.69) is 0 Å². The molecule has 5 nitrogen and oxygen atoms in total. The molecule has 0 aromatic carbocycles. The average Bonchev–Trinajstić information content (AvgIpc) is 2.14. The van der Waals surface area contributed by atoms with Gasteiger partial charge in [-0.05, 0) is 14.1 Å². The smallest absolute Gasteiger partial charge is 0.375 e. The van der Waals surface area contributed by atoms with E-state index >= 15 is 0 Å². The first-order chi connectivity index (χ1) is 7.43. The van der Waals surface area contributed by atoms with Crippen molar-refractivity contribution >= 4 is 53.8 Å². The number of hydrogen-bond donors (Lipinski definition) is 2. The first-order valence-corrected chi connectivity index (χ1v) is 8.78. The van der Waals surface area contributed by atoms with E-state index in [9.17, 15) is 9.59 Å². The van der Waals surface area contributed by atoms with Crippen LogP contribution in [0.4, 0.5) is 9.59 Å². The van der Waals surface area contributed by atoms with Crippen LogP contribution in [0.15, 0.2) is 0 Å². The Morgan fingerprint density at radius 3 is 1.69 bits per heavy atom. The van der Waals surface area contributed by atoms with Crippen LogP contribution in [0, 0.1) is 0 Å². The molecule has 0 radical (unpaired) electrons. The van der Waals surface area contributed by atoms with E-state index in [1.54, 1.807) is 0 Å². The maximum Gasteiger partial charge on any atom is 0.375 e. The lowest BCUT2D eigenvalue weighted by atomic mass is 10.4. The quantitative estimate of drug-likeness (QED) is 0.690. The number of hydrogen-bond acceptors (Lipinski definition) is 7. The molecule has 16 heavy (non-hydrogen) atoms. The Morgan fingerprint density at radius 2 is 1.44 bits per heavy atom. The fraction of sp³-hybridized carbons (Fsp3) is 0.714. The molecule has 0 atom stereocenters. The Hall–Kier alpha value is 0.300. The third kappa shape index (κ3) is 9.52. The van der Waals surface area contributed by atoms with E-state index in [1.165, 1.54) is 21.6 Å². The van der Waals surface area contributed by atoms with Gasteiger partial charge in [-0.25, -0.2) is 9.59 Å². The molecule has 0 fully saturated rings. The molecule has 0 spiro atoms. The maximum absolute atomic E-state index is 10.3. The summed E-state index contributed by atoms with van der Waals surface area (Å²) >= 11 is 0. The van der Waals surface area contributed by atoms with E-state index in [0.29, 0.717) is 11.5 Å². The van der Waals surface area contributed by atoms with Crippen molar-refractivity contribution in [1.82, 2.24) is 4.90 Å². The second-order valence-electron chi connectivity index (χ2n) is 2.88.